The highest BCUT2D eigenvalue weighted by atomic mass is 32.2. The summed E-state index contributed by atoms with van der Waals surface area (Å²) < 4.78 is 76.2. The molecule has 170 valence electrons. The number of hydrogen-bond donors (Lipinski definition) is 1. The Bertz CT molecular complexity index is 985. The Hall–Kier alpha value is -2.43. The number of nitrogens with two attached hydrogens (primary N) is 1. The number of carbonyl (C=O) groups is 1. The Morgan fingerprint density at radius 3 is 2.48 bits per heavy atom. The number of hydrogen-bond acceptors (Lipinski definition) is 5. The molecule has 3 rings (SSSR count). The summed E-state index contributed by atoms with van der Waals surface area (Å²) in [5.74, 6) is -1.10. The molecule has 1 fully saturated rings. The number of sulfone groups is 1. The van der Waals surface area contributed by atoms with E-state index in [0.29, 0.717) is 25.3 Å². The lowest BCUT2D eigenvalue weighted by atomic mass is 9.98. The Morgan fingerprint density at radius 2 is 1.90 bits per heavy atom. The molecule has 11 heteroatoms. The van der Waals surface area contributed by atoms with E-state index in [9.17, 15) is 30.8 Å². The zero-order valence-corrected chi connectivity index (χ0v) is 17.5. The quantitative estimate of drug-likeness (QED) is 0.521. The molecule has 2 N–H and O–H groups in total. The van der Waals surface area contributed by atoms with Gasteiger partial charge < -0.3 is 10.6 Å². The van der Waals surface area contributed by atoms with Gasteiger partial charge in [0, 0.05) is 23.4 Å². The summed E-state index contributed by atoms with van der Waals surface area (Å²) in [6.07, 6.45) is -2.58. The zero-order chi connectivity index (χ0) is 22.8. The molecule has 0 saturated carbocycles. The van der Waals surface area contributed by atoms with Crippen LogP contribution in [0, 0.1) is 11.7 Å². The fraction of sp³-hybridized carbons (Fsp3) is 0.500. The highest BCUT2D eigenvalue weighted by molar-refractivity contribution is 7.91. The van der Waals surface area contributed by atoms with Crippen molar-refractivity contribution in [3.05, 3.63) is 41.2 Å². The van der Waals surface area contributed by atoms with Gasteiger partial charge in [-0.05, 0) is 43.4 Å². The third kappa shape index (κ3) is 5.84. The van der Waals surface area contributed by atoms with Crippen LogP contribution in [0.1, 0.15) is 24.8 Å². The van der Waals surface area contributed by atoms with E-state index in [-0.39, 0.29) is 47.3 Å². The Kier molecular flexibility index (Phi) is 6.73. The lowest BCUT2D eigenvalue weighted by Crippen LogP contribution is -2.35. The lowest BCUT2D eigenvalue weighted by Gasteiger charge is -2.28. The van der Waals surface area contributed by atoms with Crippen molar-refractivity contribution in [1.29, 1.82) is 0 Å². The van der Waals surface area contributed by atoms with E-state index in [1.165, 1.54) is 23.1 Å². The van der Waals surface area contributed by atoms with Crippen molar-refractivity contribution >= 4 is 27.1 Å². The van der Waals surface area contributed by atoms with Crippen LogP contribution in [0.4, 0.5) is 23.2 Å². The molecule has 31 heavy (non-hydrogen) atoms. The highest BCUT2D eigenvalue weighted by Crippen LogP contribution is 2.27. The first-order valence-electron chi connectivity index (χ1n) is 9.81. The summed E-state index contributed by atoms with van der Waals surface area (Å²) in [5.41, 5.74) is 4.80. The van der Waals surface area contributed by atoms with E-state index >= 15 is 0 Å². The summed E-state index contributed by atoms with van der Waals surface area (Å²) in [6, 6.07) is 4.10. The number of allylic oxidation sites excluding steroid dienone is 1. The molecule has 1 saturated heterocycles. The molecule has 2 aliphatic heterocycles. The number of amides is 1. The van der Waals surface area contributed by atoms with Gasteiger partial charge in [-0.1, -0.05) is 6.07 Å². The molecule has 0 spiro atoms. The summed E-state index contributed by atoms with van der Waals surface area (Å²) in [4.78, 5) is 17.6. The summed E-state index contributed by atoms with van der Waals surface area (Å²) in [5, 5.41) is 0. The molecule has 1 aromatic carbocycles. The maximum Gasteiger partial charge on any atom is 0.432 e. The standard InChI is InChI=1S/C20H23F4N3O3S/c21-16-2-1-3-17(25)15(16)12-27(7-4-13-5-8-31(29,30)9-6-13)19(28)14-10-18(26-11-14)20(22,23)24/h1-3,10,13H,4-9,11-12,25H2. The molecule has 6 nitrogen and oxygen atoms in total. The van der Waals surface area contributed by atoms with Gasteiger partial charge in [0.25, 0.3) is 5.91 Å². The molecule has 1 amide bonds. The van der Waals surface area contributed by atoms with Gasteiger partial charge >= 0.3 is 6.18 Å². The van der Waals surface area contributed by atoms with Crippen molar-refractivity contribution in [2.24, 2.45) is 10.9 Å². The Balaban J connectivity index is 1.77. The van der Waals surface area contributed by atoms with Gasteiger partial charge in [-0.3, -0.25) is 9.79 Å². The van der Waals surface area contributed by atoms with Gasteiger partial charge in [0.05, 0.1) is 24.6 Å². The van der Waals surface area contributed by atoms with Gasteiger partial charge in [-0.2, -0.15) is 13.2 Å². The minimum absolute atomic E-state index is 0.0522. The van der Waals surface area contributed by atoms with Crippen LogP contribution in [0.15, 0.2) is 34.8 Å². The van der Waals surface area contributed by atoms with Crippen molar-refractivity contribution < 1.29 is 30.8 Å². The number of carbonyl (C=O) groups excluding carboxylic acids is 1. The molecule has 0 radical (unpaired) electrons. The first-order chi connectivity index (χ1) is 14.5. The average molecular weight is 461 g/mol. The maximum absolute atomic E-state index is 14.3. The van der Waals surface area contributed by atoms with E-state index in [2.05, 4.69) is 4.99 Å². The maximum atomic E-state index is 14.3. The van der Waals surface area contributed by atoms with E-state index in [4.69, 9.17) is 5.73 Å². The van der Waals surface area contributed by atoms with E-state index in [0.717, 1.165) is 0 Å². The van der Waals surface area contributed by atoms with Gasteiger partial charge in [0.1, 0.15) is 21.4 Å². The summed E-state index contributed by atoms with van der Waals surface area (Å²) >= 11 is 0. The summed E-state index contributed by atoms with van der Waals surface area (Å²) in [7, 11) is -3.04. The number of benzene rings is 1. The number of nitrogens with zero attached hydrogens (tertiary/aromatic N) is 2. The SMILES string of the molecule is Nc1cccc(F)c1CN(CCC1CCS(=O)(=O)CC1)C(=O)C1=CC(C(F)(F)F)=NC1. The molecule has 2 heterocycles. The zero-order valence-electron chi connectivity index (χ0n) is 16.7. The third-order valence-corrected chi connectivity index (χ3v) is 7.28. The van der Waals surface area contributed by atoms with E-state index < -0.39 is 40.0 Å². The topological polar surface area (TPSA) is 92.8 Å². The molecule has 0 aromatic heterocycles. The van der Waals surface area contributed by atoms with Crippen molar-refractivity contribution in [2.75, 3.05) is 30.3 Å². The van der Waals surface area contributed by atoms with Crippen molar-refractivity contribution in [1.82, 2.24) is 4.90 Å². The second-order valence-electron chi connectivity index (χ2n) is 7.79. The summed E-state index contributed by atoms with van der Waals surface area (Å²) in [6.45, 7) is -0.477. The van der Waals surface area contributed by atoms with Crippen LogP contribution in [0.2, 0.25) is 0 Å². The van der Waals surface area contributed by atoms with Crippen LogP contribution in [0.25, 0.3) is 0 Å². The van der Waals surface area contributed by atoms with Crippen LogP contribution in [-0.4, -0.2) is 55.7 Å². The van der Waals surface area contributed by atoms with Gasteiger partial charge in [0.15, 0.2) is 0 Å². The Labute approximate surface area is 177 Å². The first-order valence-corrected chi connectivity index (χ1v) is 11.6. The minimum atomic E-state index is -4.66. The monoisotopic (exact) mass is 461 g/mol. The van der Waals surface area contributed by atoms with E-state index in [1.807, 2.05) is 0 Å². The number of halogens is 4. The lowest BCUT2D eigenvalue weighted by molar-refractivity contribution is -0.128. The van der Waals surface area contributed by atoms with Gasteiger partial charge in [0.2, 0.25) is 0 Å². The molecular formula is C20H23F4N3O3S. The number of aliphatic imine (C=N–C) groups is 1. The van der Waals surface area contributed by atoms with Crippen LogP contribution in [0.5, 0.6) is 0 Å². The molecule has 0 unspecified atom stereocenters. The fourth-order valence-electron chi connectivity index (χ4n) is 3.68. The normalized spacial score (nSPS) is 19.1. The van der Waals surface area contributed by atoms with E-state index in [1.54, 1.807) is 0 Å². The second kappa shape index (κ2) is 8.97. The Morgan fingerprint density at radius 1 is 1.23 bits per heavy atom. The number of rotatable bonds is 6. The molecular weight excluding hydrogens is 438 g/mol. The number of alkyl halides is 3. The largest absolute Gasteiger partial charge is 0.432 e. The van der Waals surface area contributed by atoms with Gasteiger partial charge in [-0.25, -0.2) is 12.8 Å². The van der Waals surface area contributed by atoms with Crippen molar-refractivity contribution in [3.8, 4) is 0 Å². The highest BCUT2D eigenvalue weighted by Gasteiger charge is 2.38. The number of nitrogen functional groups attached to an aromatic ring is 1. The van der Waals surface area contributed by atoms with Crippen LogP contribution >= 0.6 is 0 Å². The molecule has 0 bridgehead atoms. The average Bonchev–Trinajstić information content (AvgIpc) is 3.18. The smallest absolute Gasteiger partial charge is 0.398 e. The second-order valence-corrected chi connectivity index (χ2v) is 10.1. The van der Waals surface area contributed by atoms with Crippen molar-refractivity contribution in [2.45, 2.75) is 32.0 Å². The predicted octanol–water partition coefficient (Wildman–Crippen LogP) is 2.89. The first kappa shape index (κ1) is 23.2. The van der Waals surface area contributed by atoms with Gasteiger partial charge in [-0.15, -0.1) is 0 Å². The van der Waals surface area contributed by atoms with Crippen molar-refractivity contribution in [3.63, 3.8) is 0 Å². The third-order valence-electron chi connectivity index (χ3n) is 5.57. The fourth-order valence-corrected chi connectivity index (χ4v) is 5.27. The molecule has 2 aliphatic rings. The van der Waals surface area contributed by atoms with Crippen LogP contribution in [-0.2, 0) is 21.2 Å². The molecule has 0 atom stereocenters. The minimum Gasteiger partial charge on any atom is -0.398 e. The predicted molar refractivity (Wildman–Crippen MR) is 109 cm³/mol. The van der Waals surface area contributed by atoms with Crippen LogP contribution in [0.3, 0.4) is 0 Å². The van der Waals surface area contributed by atoms with Crippen LogP contribution < -0.4 is 5.73 Å². The molecule has 1 aromatic rings. The number of anilines is 1. The molecule has 0 aliphatic carbocycles.